The second-order valence-electron chi connectivity index (χ2n) is 6.00. The van der Waals surface area contributed by atoms with Gasteiger partial charge in [0.05, 0.1) is 4.90 Å². The molecule has 0 aliphatic carbocycles. The van der Waals surface area contributed by atoms with Crippen molar-refractivity contribution in [3.05, 3.63) is 29.8 Å². The summed E-state index contributed by atoms with van der Waals surface area (Å²) in [5, 5.41) is 0. The van der Waals surface area contributed by atoms with Gasteiger partial charge in [0.25, 0.3) is 0 Å². The normalized spacial score (nSPS) is 12.3. The first kappa shape index (κ1) is 18.1. The zero-order chi connectivity index (χ0) is 16.2. The Balaban J connectivity index is 3.21. The van der Waals surface area contributed by atoms with E-state index in [4.69, 9.17) is 18.0 Å². The van der Waals surface area contributed by atoms with Crippen LogP contribution in [0.3, 0.4) is 0 Å². The number of benzene rings is 1. The number of hydrogen-bond donors (Lipinski definition) is 1. The fourth-order valence-corrected chi connectivity index (χ4v) is 3.98. The van der Waals surface area contributed by atoms with Crippen LogP contribution < -0.4 is 5.73 Å². The smallest absolute Gasteiger partial charge is 0.243 e. The van der Waals surface area contributed by atoms with E-state index in [9.17, 15) is 8.42 Å². The van der Waals surface area contributed by atoms with Crippen LogP contribution in [-0.4, -0.2) is 30.8 Å². The lowest BCUT2D eigenvalue weighted by atomic mass is 10.2. The van der Waals surface area contributed by atoms with Crippen LogP contribution in [0.25, 0.3) is 0 Å². The predicted octanol–water partition coefficient (Wildman–Crippen LogP) is 2.62. The van der Waals surface area contributed by atoms with Crippen molar-refractivity contribution in [1.82, 2.24) is 4.31 Å². The lowest BCUT2D eigenvalue weighted by molar-refractivity contribution is 0.333. The number of rotatable bonds is 7. The monoisotopic (exact) mass is 328 g/mol. The second-order valence-corrected chi connectivity index (χ2v) is 8.38. The van der Waals surface area contributed by atoms with Gasteiger partial charge >= 0.3 is 0 Å². The van der Waals surface area contributed by atoms with Crippen LogP contribution in [0.1, 0.15) is 33.3 Å². The average molecular weight is 329 g/mol. The van der Waals surface area contributed by atoms with E-state index in [1.54, 1.807) is 28.6 Å². The van der Waals surface area contributed by atoms with Crippen LogP contribution in [0.15, 0.2) is 29.2 Å². The molecule has 2 N–H and O–H groups in total. The van der Waals surface area contributed by atoms with E-state index in [1.807, 2.05) is 27.7 Å². The third kappa shape index (κ3) is 5.05. The molecule has 1 aromatic carbocycles. The van der Waals surface area contributed by atoms with Crippen molar-refractivity contribution in [3.8, 4) is 0 Å². The topological polar surface area (TPSA) is 63.4 Å². The minimum Gasteiger partial charge on any atom is -0.389 e. The lowest BCUT2D eigenvalue weighted by Gasteiger charge is -2.25. The van der Waals surface area contributed by atoms with E-state index in [0.29, 0.717) is 18.7 Å². The average Bonchev–Trinajstić information content (AvgIpc) is 2.37. The molecular formula is C15H24N2O2S2. The first-order chi connectivity index (χ1) is 9.64. The molecule has 0 unspecified atom stereocenters. The first-order valence-corrected chi connectivity index (χ1v) is 8.89. The largest absolute Gasteiger partial charge is 0.389 e. The summed E-state index contributed by atoms with van der Waals surface area (Å²) in [5.41, 5.74) is 6.16. The SMILES string of the molecule is CC(C)CN(CC(C)C)S(=O)(=O)c1cccc(C(N)=S)c1. The molecule has 1 aromatic rings. The van der Waals surface area contributed by atoms with Gasteiger partial charge in [-0.25, -0.2) is 8.42 Å². The van der Waals surface area contributed by atoms with Crippen LogP contribution in [0.4, 0.5) is 0 Å². The van der Waals surface area contributed by atoms with E-state index in [0.717, 1.165) is 0 Å². The van der Waals surface area contributed by atoms with Crippen molar-refractivity contribution in [3.63, 3.8) is 0 Å². The number of hydrogen-bond acceptors (Lipinski definition) is 3. The molecular weight excluding hydrogens is 304 g/mol. The van der Waals surface area contributed by atoms with Crippen molar-refractivity contribution < 1.29 is 8.42 Å². The van der Waals surface area contributed by atoms with Crippen molar-refractivity contribution in [2.45, 2.75) is 32.6 Å². The highest BCUT2D eigenvalue weighted by Crippen LogP contribution is 2.20. The van der Waals surface area contributed by atoms with E-state index in [-0.39, 0.29) is 21.7 Å². The molecule has 0 aliphatic rings. The lowest BCUT2D eigenvalue weighted by Crippen LogP contribution is -2.37. The fourth-order valence-electron chi connectivity index (χ4n) is 2.04. The van der Waals surface area contributed by atoms with Crippen molar-refractivity contribution in [2.24, 2.45) is 17.6 Å². The summed E-state index contributed by atoms with van der Waals surface area (Å²) in [7, 11) is -3.53. The molecule has 21 heavy (non-hydrogen) atoms. The van der Waals surface area contributed by atoms with Crippen LogP contribution in [0.5, 0.6) is 0 Å². The van der Waals surface area contributed by atoms with Crippen LogP contribution >= 0.6 is 12.2 Å². The van der Waals surface area contributed by atoms with Crippen LogP contribution in [-0.2, 0) is 10.0 Å². The second kappa shape index (κ2) is 7.33. The molecule has 0 saturated carbocycles. The van der Waals surface area contributed by atoms with Gasteiger partial charge in [0.2, 0.25) is 10.0 Å². The molecule has 0 fully saturated rings. The number of nitrogens with two attached hydrogens (primary N) is 1. The molecule has 0 amide bonds. The third-order valence-corrected chi connectivity index (χ3v) is 4.96. The van der Waals surface area contributed by atoms with Gasteiger partial charge in [0.15, 0.2) is 0 Å². The molecule has 0 aromatic heterocycles. The Labute approximate surface area is 133 Å². The Kier molecular flexibility index (Phi) is 6.31. The van der Waals surface area contributed by atoms with Crippen molar-refractivity contribution >= 4 is 27.2 Å². The summed E-state index contributed by atoms with van der Waals surface area (Å²) < 4.78 is 27.2. The minimum atomic E-state index is -3.53. The summed E-state index contributed by atoms with van der Waals surface area (Å²) in [6, 6.07) is 6.52. The Morgan fingerprint density at radius 2 is 1.71 bits per heavy atom. The number of sulfonamides is 1. The third-order valence-electron chi connectivity index (χ3n) is 2.89. The predicted molar refractivity (Wildman–Crippen MR) is 90.8 cm³/mol. The summed E-state index contributed by atoms with van der Waals surface area (Å²) in [5.74, 6) is 0.523. The maximum Gasteiger partial charge on any atom is 0.243 e. The van der Waals surface area contributed by atoms with Crippen molar-refractivity contribution in [2.75, 3.05) is 13.1 Å². The molecule has 6 heteroatoms. The van der Waals surface area contributed by atoms with Gasteiger partial charge in [-0.3, -0.25) is 0 Å². The molecule has 0 heterocycles. The van der Waals surface area contributed by atoms with Crippen molar-refractivity contribution in [1.29, 1.82) is 0 Å². The first-order valence-electron chi connectivity index (χ1n) is 7.04. The molecule has 0 saturated heterocycles. The standard InChI is InChI=1S/C15H24N2O2S2/c1-11(2)9-17(10-12(3)4)21(18,19)14-7-5-6-13(8-14)15(16)20/h5-8,11-12H,9-10H2,1-4H3,(H2,16,20). The highest BCUT2D eigenvalue weighted by Gasteiger charge is 2.26. The number of nitrogens with zero attached hydrogens (tertiary/aromatic N) is 1. The summed E-state index contributed by atoms with van der Waals surface area (Å²) >= 11 is 4.92. The zero-order valence-electron chi connectivity index (χ0n) is 13.0. The van der Waals surface area contributed by atoms with E-state index in [1.165, 1.54) is 0 Å². The highest BCUT2D eigenvalue weighted by atomic mass is 32.2. The fraction of sp³-hybridized carbons (Fsp3) is 0.533. The molecule has 0 atom stereocenters. The molecule has 118 valence electrons. The summed E-state index contributed by atoms with van der Waals surface area (Å²) in [6.07, 6.45) is 0. The Bertz CT molecular complexity index is 585. The maximum atomic E-state index is 12.8. The number of thiocarbonyl (C=S) groups is 1. The molecule has 0 aliphatic heterocycles. The summed E-state index contributed by atoms with van der Waals surface area (Å²) in [6.45, 7) is 9.03. The van der Waals surface area contributed by atoms with Gasteiger partial charge in [0.1, 0.15) is 4.99 Å². The molecule has 1 rings (SSSR count). The van der Waals surface area contributed by atoms with Gasteiger partial charge < -0.3 is 5.73 Å². The van der Waals surface area contributed by atoms with Gasteiger partial charge in [-0.05, 0) is 24.0 Å². The van der Waals surface area contributed by atoms with Crippen LogP contribution in [0, 0.1) is 11.8 Å². The van der Waals surface area contributed by atoms with Gasteiger partial charge in [-0.2, -0.15) is 4.31 Å². The summed E-state index contributed by atoms with van der Waals surface area (Å²) in [4.78, 5) is 0.445. The van der Waals surface area contributed by atoms with Gasteiger partial charge in [-0.15, -0.1) is 0 Å². The van der Waals surface area contributed by atoms with Crippen LogP contribution in [0.2, 0.25) is 0 Å². The molecule has 0 radical (unpaired) electrons. The minimum absolute atomic E-state index is 0.200. The highest BCUT2D eigenvalue weighted by molar-refractivity contribution is 7.89. The zero-order valence-corrected chi connectivity index (χ0v) is 14.7. The quantitative estimate of drug-likeness (QED) is 0.782. The Hall–Kier alpha value is -0.980. The van der Waals surface area contributed by atoms with E-state index < -0.39 is 10.0 Å². The van der Waals surface area contributed by atoms with Gasteiger partial charge in [0, 0.05) is 18.7 Å². The van der Waals surface area contributed by atoms with Gasteiger partial charge in [-0.1, -0.05) is 52.0 Å². The maximum absolute atomic E-state index is 12.8. The molecule has 0 spiro atoms. The van der Waals surface area contributed by atoms with E-state index in [2.05, 4.69) is 0 Å². The van der Waals surface area contributed by atoms with E-state index >= 15 is 0 Å². The molecule has 4 nitrogen and oxygen atoms in total. The molecule has 0 bridgehead atoms. The Morgan fingerprint density at radius 1 is 1.19 bits per heavy atom. The Morgan fingerprint density at radius 3 is 2.14 bits per heavy atom.